The summed E-state index contributed by atoms with van der Waals surface area (Å²) in [7, 11) is 0. The first-order chi connectivity index (χ1) is 23.6. The van der Waals surface area contributed by atoms with Gasteiger partial charge in [-0.1, -0.05) is 73.8 Å². The van der Waals surface area contributed by atoms with Crippen molar-refractivity contribution in [3.63, 3.8) is 0 Å². The van der Waals surface area contributed by atoms with E-state index in [0.29, 0.717) is 5.92 Å². The maximum atomic E-state index is 4.64. The second-order valence-electron chi connectivity index (χ2n) is 11.8. The predicted octanol–water partition coefficient (Wildman–Crippen LogP) is 10.7. The Morgan fingerprint density at radius 2 is 1.18 bits per heavy atom. The number of fused-ring (bicyclic) bond motifs is 3. The molecule has 0 aliphatic rings. The molecule has 4 aromatic heterocycles. The van der Waals surface area contributed by atoms with Gasteiger partial charge in [0.15, 0.2) is 0 Å². The minimum absolute atomic E-state index is 0. The molecule has 4 nitrogen and oxygen atoms in total. The van der Waals surface area contributed by atoms with Gasteiger partial charge in [-0.15, -0.1) is 95.6 Å². The summed E-state index contributed by atoms with van der Waals surface area (Å²) in [4.78, 5) is 13.1. The zero-order valence-electron chi connectivity index (χ0n) is 27.8. The quantitative estimate of drug-likeness (QED) is 0.163. The Balaban J connectivity index is 0.000000157. The Morgan fingerprint density at radius 3 is 1.71 bits per heavy atom. The molecule has 49 heavy (non-hydrogen) atoms. The van der Waals surface area contributed by atoms with Crippen molar-refractivity contribution >= 4 is 21.8 Å². The molecular formula is C44H37IrN4. The minimum atomic E-state index is 0. The average Bonchev–Trinajstić information content (AvgIpc) is 3.47. The molecule has 0 spiro atoms. The third-order valence-electron chi connectivity index (χ3n) is 7.74. The van der Waals surface area contributed by atoms with Gasteiger partial charge in [0.2, 0.25) is 0 Å². The van der Waals surface area contributed by atoms with Gasteiger partial charge in [-0.05, 0) is 64.6 Å². The smallest absolute Gasteiger partial charge is 0.380 e. The van der Waals surface area contributed by atoms with Gasteiger partial charge in [0.25, 0.3) is 0 Å². The summed E-state index contributed by atoms with van der Waals surface area (Å²) in [6, 6.07) is 54.1. The third kappa shape index (κ3) is 8.83. The van der Waals surface area contributed by atoms with Gasteiger partial charge in [-0.2, -0.15) is 0 Å². The van der Waals surface area contributed by atoms with Crippen LogP contribution in [0.15, 0.2) is 152 Å². The van der Waals surface area contributed by atoms with E-state index in [-0.39, 0.29) is 20.1 Å². The minimum Gasteiger partial charge on any atom is -0.380 e. The molecule has 0 atom stereocenters. The van der Waals surface area contributed by atoms with Crippen molar-refractivity contribution in [1.82, 2.24) is 19.5 Å². The molecule has 0 aliphatic heterocycles. The number of para-hydroxylation sites is 1. The van der Waals surface area contributed by atoms with Crippen molar-refractivity contribution in [1.29, 1.82) is 0 Å². The fraction of sp³-hybridized carbons (Fsp3) is 0.114. The van der Waals surface area contributed by atoms with Crippen molar-refractivity contribution in [2.24, 2.45) is 5.92 Å². The molecule has 8 aromatic rings. The molecule has 0 fully saturated rings. The first kappa shape index (κ1) is 35.1. The van der Waals surface area contributed by atoms with Gasteiger partial charge in [0, 0.05) is 30.7 Å². The molecule has 0 saturated heterocycles. The van der Waals surface area contributed by atoms with Gasteiger partial charge in [0.05, 0.1) is 0 Å². The molecule has 0 N–H and O–H groups in total. The number of aryl methyl sites for hydroxylation is 1. The summed E-state index contributed by atoms with van der Waals surface area (Å²) < 4.78 is 2.43. The van der Waals surface area contributed by atoms with Gasteiger partial charge in [0.1, 0.15) is 0 Å². The van der Waals surface area contributed by atoms with Crippen LogP contribution in [0.25, 0.3) is 55.6 Å². The van der Waals surface area contributed by atoms with Gasteiger partial charge in [-0.25, -0.2) is 0 Å². The zero-order valence-corrected chi connectivity index (χ0v) is 30.2. The fourth-order valence-electron chi connectivity index (χ4n) is 5.56. The Hall–Kier alpha value is -5.22. The molecule has 0 saturated carbocycles. The first-order valence-corrected chi connectivity index (χ1v) is 16.2. The van der Waals surface area contributed by atoms with Gasteiger partial charge < -0.3 is 19.5 Å². The molecule has 0 unspecified atom stereocenters. The normalized spacial score (nSPS) is 10.4. The SMILES string of the molecule is Cc1ccc(-c2[c-]ccc3c4ccccc4n(CC(C)C)c23)nc1.[Ir+3].[c-]1ccccc1-c1ccccn1.[c-]1ccccc1-c1ccccn1. The summed E-state index contributed by atoms with van der Waals surface area (Å²) in [5.41, 5.74) is 9.79. The van der Waals surface area contributed by atoms with Gasteiger partial charge in [-0.3, -0.25) is 0 Å². The molecule has 0 aliphatic carbocycles. The zero-order chi connectivity index (χ0) is 33.1. The summed E-state index contributed by atoms with van der Waals surface area (Å²) in [5, 5.41) is 2.58. The molecule has 4 aromatic carbocycles. The molecule has 0 radical (unpaired) electrons. The van der Waals surface area contributed by atoms with Crippen LogP contribution >= 0.6 is 0 Å². The van der Waals surface area contributed by atoms with E-state index in [1.807, 2.05) is 97.2 Å². The van der Waals surface area contributed by atoms with Gasteiger partial charge >= 0.3 is 20.1 Å². The second kappa shape index (κ2) is 17.3. The monoisotopic (exact) mass is 814 g/mol. The van der Waals surface area contributed by atoms with E-state index in [4.69, 9.17) is 0 Å². The number of hydrogen-bond donors (Lipinski definition) is 0. The van der Waals surface area contributed by atoms with E-state index < -0.39 is 0 Å². The number of aromatic nitrogens is 4. The van der Waals surface area contributed by atoms with Crippen LogP contribution in [0.5, 0.6) is 0 Å². The Morgan fingerprint density at radius 1 is 0.571 bits per heavy atom. The molecule has 5 heteroatoms. The van der Waals surface area contributed by atoms with Crippen molar-refractivity contribution in [3.05, 3.63) is 176 Å². The van der Waals surface area contributed by atoms with E-state index >= 15 is 0 Å². The Kier molecular flexibility index (Phi) is 12.4. The summed E-state index contributed by atoms with van der Waals surface area (Å²) in [6.45, 7) is 7.58. The second-order valence-corrected chi connectivity index (χ2v) is 11.8. The maximum Gasteiger partial charge on any atom is 3.00 e. The van der Waals surface area contributed by atoms with Crippen LogP contribution in [-0.4, -0.2) is 19.5 Å². The van der Waals surface area contributed by atoms with E-state index in [0.717, 1.165) is 40.3 Å². The van der Waals surface area contributed by atoms with Crippen LogP contribution in [0.2, 0.25) is 0 Å². The summed E-state index contributed by atoms with van der Waals surface area (Å²) in [5.74, 6) is 0.572. The molecule has 4 heterocycles. The van der Waals surface area contributed by atoms with Crippen molar-refractivity contribution < 1.29 is 20.1 Å². The number of benzene rings is 4. The molecule has 0 bridgehead atoms. The maximum absolute atomic E-state index is 4.64. The first-order valence-electron chi connectivity index (χ1n) is 16.2. The standard InChI is InChI=1S/C22H21N2.2C11H8N.Ir/c1-15(2)14-24-21-10-5-4-7-17(21)18-8-6-9-19(22(18)24)20-12-11-16(3)13-23-20;2*1-2-6-10(7-3-1)11-8-4-5-9-12-11;/h4-8,10-13,15H,14H2,1-3H3;2*1-6,8-9H;/q3*-1;+3. The van der Waals surface area contributed by atoms with E-state index in [1.54, 1.807) is 12.4 Å². The van der Waals surface area contributed by atoms with Crippen LogP contribution in [0.3, 0.4) is 0 Å². The average molecular weight is 814 g/mol. The van der Waals surface area contributed by atoms with E-state index in [1.165, 1.54) is 27.4 Å². The summed E-state index contributed by atoms with van der Waals surface area (Å²) in [6.07, 6.45) is 5.50. The predicted molar refractivity (Wildman–Crippen MR) is 198 cm³/mol. The van der Waals surface area contributed by atoms with Crippen LogP contribution in [0, 0.1) is 31.0 Å². The Labute approximate surface area is 302 Å². The van der Waals surface area contributed by atoms with Crippen LogP contribution in [0.4, 0.5) is 0 Å². The molecule has 242 valence electrons. The van der Waals surface area contributed by atoms with Crippen molar-refractivity contribution in [2.75, 3.05) is 0 Å². The van der Waals surface area contributed by atoms with Crippen LogP contribution in [0.1, 0.15) is 19.4 Å². The van der Waals surface area contributed by atoms with Crippen LogP contribution < -0.4 is 0 Å². The number of hydrogen-bond acceptors (Lipinski definition) is 3. The molecular weight excluding hydrogens is 777 g/mol. The molecule has 8 rings (SSSR count). The number of rotatable bonds is 5. The number of pyridine rings is 3. The van der Waals surface area contributed by atoms with Crippen molar-refractivity contribution in [3.8, 4) is 33.8 Å². The third-order valence-corrected chi connectivity index (χ3v) is 7.74. The Bertz CT molecular complexity index is 2010. The fourth-order valence-corrected chi connectivity index (χ4v) is 5.56. The summed E-state index contributed by atoms with van der Waals surface area (Å²) >= 11 is 0. The van der Waals surface area contributed by atoms with Crippen LogP contribution in [-0.2, 0) is 26.7 Å². The topological polar surface area (TPSA) is 43.6 Å². The largest absolute Gasteiger partial charge is 3.00 e. The number of nitrogens with zero attached hydrogens (tertiary/aromatic N) is 4. The van der Waals surface area contributed by atoms with E-state index in [9.17, 15) is 0 Å². The van der Waals surface area contributed by atoms with Crippen molar-refractivity contribution in [2.45, 2.75) is 27.3 Å². The van der Waals surface area contributed by atoms with E-state index in [2.05, 4.69) is 101 Å². The molecule has 0 amide bonds.